The molecule has 0 bridgehead atoms. The molecule has 3 heteroatoms. The third-order valence-corrected chi connectivity index (χ3v) is 8.82. The van der Waals surface area contributed by atoms with Crippen molar-refractivity contribution in [3.63, 3.8) is 0 Å². The molecule has 154 valence electrons. The Bertz CT molecular complexity index is 569. The van der Waals surface area contributed by atoms with Crippen molar-refractivity contribution in [1.82, 2.24) is 0 Å². The van der Waals surface area contributed by atoms with Crippen molar-refractivity contribution in [3.8, 4) is 0 Å². The molecule has 0 amide bonds. The fraction of sp³-hybridized carbons (Fsp3) is 0.750. The first kappa shape index (κ1) is 22.7. The van der Waals surface area contributed by atoms with Crippen molar-refractivity contribution >= 4 is 12.7 Å². The molecule has 1 aromatic rings. The Kier molecular flexibility index (Phi) is 9.60. The number of unbranched alkanes of at least 4 members (excludes halogenated alkanes) is 5. The zero-order valence-corrected chi connectivity index (χ0v) is 18.9. The van der Waals surface area contributed by atoms with Crippen molar-refractivity contribution in [2.45, 2.75) is 91.6 Å². The van der Waals surface area contributed by atoms with Crippen LogP contribution >= 0.6 is 7.37 Å². The second-order valence-electron chi connectivity index (χ2n) is 8.97. The molecule has 0 unspecified atom stereocenters. The summed E-state index contributed by atoms with van der Waals surface area (Å²) >= 11 is 0. The molecule has 27 heavy (non-hydrogen) atoms. The molecule has 0 aromatic heterocycles. The molecule has 0 saturated heterocycles. The Labute approximate surface area is 167 Å². The molecule has 4 atom stereocenters. The normalized spacial score (nSPS) is 25.4. The van der Waals surface area contributed by atoms with Gasteiger partial charge in [-0.05, 0) is 49.1 Å². The summed E-state index contributed by atoms with van der Waals surface area (Å²) in [6.07, 6.45) is 11.6. The van der Waals surface area contributed by atoms with Gasteiger partial charge in [-0.15, -0.1) is 0 Å². The molecule has 1 aliphatic rings. The molecule has 0 N–H and O–H groups in total. The van der Waals surface area contributed by atoms with Gasteiger partial charge in [-0.25, -0.2) is 0 Å². The van der Waals surface area contributed by atoms with E-state index in [2.05, 4.69) is 27.7 Å². The van der Waals surface area contributed by atoms with Crippen molar-refractivity contribution in [3.05, 3.63) is 30.3 Å². The minimum Gasteiger partial charge on any atom is -0.322 e. The van der Waals surface area contributed by atoms with Crippen LogP contribution < -0.4 is 5.30 Å². The molecule has 0 aliphatic heterocycles. The van der Waals surface area contributed by atoms with Crippen molar-refractivity contribution in [2.75, 3.05) is 6.16 Å². The molecule has 1 saturated carbocycles. The average Bonchev–Trinajstić information content (AvgIpc) is 2.65. The monoisotopic (exact) mass is 392 g/mol. The number of benzene rings is 1. The van der Waals surface area contributed by atoms with E-state index in [1.54, 1.807) is 0 Å². The van der Waals surface area contributed by atoms with Gasteiger partial charge in [0.05, 0.1) is 6.10 Å². The Morgan fingerprint density at radius 3 is 2.37 bits per heavy atom. The van der Waals surface area contributed by atoms with E-state index >= 15 is 0 Å². The quantitative estimate of drug-likeness (QED) is 0.289. The fourth-order valence-corrected chi connectivity index (χ4v) is 6.88. The summed E-state index contributed by atoms with van der Waals surface area (Å²) in [5.41, 5.74) is 0. The van der Waals surface area contributed by atoms with E-state index in [-0.39, 0.29) is 6.10 Å². The second kappa shape index (κ2) is 11.4. The van der Waals surface area contributed by atoms with E-state index < -0.39 is 7.37 Å². The van der Waals surface area contributed by atoms with Crippen LogP contribution in [0.25, 0.3) is 0 Å². The first-order valence-electron chi connectivity index (χ1n) is 11.3. The number of hydrogen-bond acceptors (Lipinski definition) is 2. The molecule has 1 aromatic carbocycles. The molecule has 0 radical (unpaired) electrons. The lowest BCUT2D eigenvalue weighted by Crippen LogP contribution is -2.34. The summed E-state index contributed by atoms with van der Waals surface area (Å²) in [5, 5.41) is 0.916. The van der Waals surface area contributed by atoms with Gasteiger partial charge >= 0.3 is 0 Å². The highest BCUT2D eigenvalue weighted by atomic mass is 31.2. The van der Waals surface area contributed by atoms with E-state index in [0.717, 1.165) is 24.6 Å². The molecule has 1 fully saturated rings. The molecular weight excluding hydrogens is 351 g/mol. The van der Waals surface area contributed by atoms with Crippen LogP contribution in [0.5, 0.6) is 0 Å². The Balaban J connectivity index is 2.08. The van der Waals surface area contributed by atoms with Gasteiger partial charge in [0.25, 0.3) is 0 Å². The molecule has 0 heterocycles. The number of rotatable bonds is 11. The van der Waals surface area contributed by atoms with Gasteiger partial charge in [0.15, 0.2) is 0 Å². The van der Waals surface area contributed by atoms with E-state index in [4.69, 9.17) is 4.52 Å². The molecule has 2 rings (SSSR count). The Hall–Kier alpha value is -0.590. The SMILES string of the molecule is CCCCCCCC[P@](=O)(O[C@@H]1C[C@H](C)CC[C@H]1C(C)C)c1ccccc1. The second-order valence-corrected chi connectivity index (χ2v) is 11.5. The minimum absolute atomic E-state index is 0.139. The van der Waals surface area contributed by atoms with Gasteiger partial charge in [0, 0.05) is 11.5 Å². The van der Waals surface area contributed by atoms with E-state index in [0.29, 0.717) is 23.9 Å². The summed E-state index contributed by atoms with van der Waals surface area (Å²) in [7, 11) is -2.80. The van der Waals surface area contributed by atoms with Crippen LogP contribution in [0.2, 0.25) is 0 Å². The largest absolute Gasteiger partial charge is 0.322 e. The summed E-state index contributed by atoms with van der Waals surface area (Å²) in [6.45, 7) is 9.14. The Morgan fingerprint density at radius 2 is 1.70 bits per heavy atom. The van der Waals surface area contributed by atoms with Gasteiger partial charge in [-0.1, -0.05) is 84.4 Å². The van der Waals surface area contributed by atoms with Crippen LogP contribution in [0.3, 0.4) is 0 Å². The van der Waals surface area contributed by atoms with Gasteiger partial charge in [-0.2, -0.15) is 0 Å². The minimum atomic E-state index is -2.80. The van der Waals surface area contributed by atoms with Gasteiger partial charge in [0.2, 0.25) is 7.37 Å². The zero-order chi connectivity index (χ0) is 19.7. The van der Waals surface area contributed by atoms with Crippen LogP contribution in [-0.4, -0.2) is 12.3 Å². The van der Waals surface area contributed by atoms with Gasteiger partial charge < -0.3 is 4.52 Å². The fourth-order valence-electron chi connectivity index (χ4n) is 4.45. The summed E-state index contributed by atoms with van der Waals surface area (Å²) in [6, 6.07) is 10.0. The predicted octanol–water partition coefficient (Wildman–Crippen LogP) is 7.43. The van der Waals surface area contributed by atoms with Crippen LogP contribution in [0.4, 0.5) is 0 Å². The predicted molar refractivity (Wildman–Crippen MR) is 118 cm³/mol. The lowest BCUT2D eigenvalue weighted by molar-refractivity contribution is 0.0498. The van der Waals surface area contributed by atoms with Crippen molar-refractivity contribution < 1.29 is 9.09 Å². The highest BCUT2D eigenvalue weighted by molar-refractivity contribution is 7.67. The molecular formula is C24H41O2P. The number of hydrogen-bond donors (Lipinski definition) is 0. The average molecular weight is 393 g/mol. The van der Waals surface area contributed by atoms with Crippen LogP contribution in [-0.2, 0) is 9.09 Å². The van der Waals surface area contributed by atoms with Crippen molar-refractivity contribution in [1.29, 1.82) is 0 Å². The van der Waals surface area contributed by atoms with E-state index in [1.807, 2.05) is 30.3 Å². The summed E-state index contributed by atoms with van der Waals surface area (Å²) in [4.78, 5) is 0. The van der Waals surface area contributed by atoms with Crippen molar-refractivity contribution in [2.24, 2.45) is 17.8 Å². The van der Waals surface area contributed by atoms with Gasteiger partial charge in [-0.3, -0.25) is 4.57 Å². The maximum Gasteiger partial charge on any atom is 0.232 e. The molecule has 1 aliphatic carbocycles. The first-order chi connectivity index (χ1) is 13.0. The standard InChI is InChI=1S/C24H41O2P/c1-5-6-7-8-9-13-18-27(25,22-14-11-10-12-15-22)26-24-19-21(4)16-17-23(24)20(2)3/h10-12,14-15,20-21,23-24H,5-9,13,16-19H2,1-4H3/t21-,23+,24-,27+/m1/s1. The third-order valence-electron chi connectivity index (χ3n) is 6.22. The molecule has 0 spiro atoms. The molecule has 2 nitrogen and oxygen atoms in total. The third kappa shape index (κ3) is 7.06. The highest BCUT2D eigenvalue weighted by Gasteiger charge is 2.37. The van der Waals surface area contributed by atoms with Crippen LogP contribution in [0.1, 0.15) is 85.5 Å². The summed E-state index contributed by atoms with van der Waals surface area (Å²) < 4.78 is 20.6. The Morgan fingerprint density at radius 1 is 1.04 bits per heavy atom. The maximum atomic E-state index is 14.0. The lowest BCUT2D eigenvalue weighted by Gasteiger charge is -2.39. The van der Waals surface area contributed by atoms with Gasteiger partial charge in [0.1, 0.15) is 0 Å². The summed E-state index contributed by atoms with van der Waals surface area (Å²) in [5.74, 6) is 1.78. The van der Waals surface area contributed by atoms with E-state index in [1.165, 1.54) is 38.5 Å². The zero-order valence-electron chi connectivity index (χ0n) is 18.0. The first-order valence-corrected chi connectivity index (χ1v) is 13.1. The highest BCUT2D eigenvalue weighted by Crippen LogP contribution is 2.51. The lowest BCUT2D eigenvalue weighted by atomic mass is 9.75. The maximum absolute atomic E-state index is 14.0. The smallest absolute Gasteiger partial charge is 0.232 e. The van der Waals surface area contributed by atoms with Crippen LogP contribution in [0, 0.1) is 17.8 Å². The van der Waals surface area contributed by atoms with E-state index in [9.17, 15) is 4.57 Å². The topological polar surface area (TPSA) is 26.3 Å². The van der Waals surface area contributed by atoms with Crippen LogP contribution in [0.15, 0.2) is 30.3 Å².